The van der Waals surface area contributed by atoms with Gasteiger partial charge in [0.1, 0.15) is 6.10 Å². The van der Waals surface area contributed by atoms with Crippen molar-refractivity contribution in [2.75, 3.05) is 7.05 Å². The van der Waals surface area contributed by atoms with Crippen molar-refractivity contribution in [2.45, 2.75) is 18.6 Å². The summed E-state index contributed by atoms with van der Waals surface area (Å²) in [6.45, 7) is 0. The molecule has 0 amide bonds. The number of nitrogens with zero attached hydrogens (tertiary/aromatic N) is 1. The number of hydrogen-bond donors (Lipinski definition) is 0. The Bertz CT molecular complexity index is 497. The molecule has 1 aliphatic heterocycles. The normalized spacial score (nSPS) is 24.3. The SMILES string of the molecule is CN1O[C@@H](c2ccccc2)C[C@@H]1c1ccccc1. The minimum absolute atomic E-state index is 0.168. The molecule has 0 aliphatic carbocycles. The maximum atomic E-state index is 5.95. The molecule has 3 rings (SSSR count). The Hall–Kier alpha value is -1.64. The summed E-state index contributed by atoms with van der Waals surface area (Å²) in [6.07, 6.45) is 1.17. The summed E-state index contributed by atoms with van der Waals surface area (Å²) in [4.78, 5) is 5.95. The molecular weight excluding hydrogens is 222 g/mol. The van der Waals surface area contributed by atoms with Crippen LogP contribution in [0.1, 0.15) is 29.7 Å². The third-order valence-electron chi connectivity index (χ3n) is 3.53. The highest BCUT2D eigenvalue weighted by atomic mass is 16.7. The minimum Gasteiger partial charge on any atom is -0.291 e. The fourth-order valence-electron chi connectivity index (χ4n) is 2.55. The van der Waals surface area contributed by atoms with E-state index in [1.165, 1.54) is 11.1 Å². The first kappa shape index (κ1) is 11.5. The number of hydrogen-bond acceptors (Lipinski definition) is 2. The van der Waals surface area contributed by atoms with Gasteiger partial charge in [-0.1, -0.05) is 60.7 Å². The van der Waals surface area contributed by atoms with Crippen molar-refractivity contribution in [3.63, 3.8) is 0 Å². The van der Waals surface area contributed by atoms with E-state index >= 15 is 0 Å². The number of benzene rings is 2. The smallest absolute Gasteiger partial charge is 0.106 e. The van der Waals surface area contributed by atoms with E-state index in [4.69, 9.17) is 4.84 Å². The lowest BCUT2D eigenvalue weighted by Crippen LogP contribution is -2.16. The van der Waals surface area contributed by atoms with Gasteiger partial charge in [-0.3, -0.25) is 4.84 Å². The highest BCUT2D eigenvalue weighted by molar-refractivity contribution is 5.23. The molecule has 2 heteroatoms. The Kier molecular flexibility index (Phi) is 3.13. The third-order valence-corrected chi connectivity index (χ3v) is 3.53. The summed E-state index contributed by atoms with van der Waals surface area (Å²) in [5.41, 5.74) is 2.57. The lowest BCUT2D eigenvalue weighted by atomic mass is 9.98. The molecule has 0 spiro atoms. The molecule has 18 heavy (non-hydrogen) atoms. The van der Waals surface area contributed by atoms with Gasteiger partial charge in [0.05, 0.1) is 6.04 Å². The van der Waals surface area contributed by atoms with Gasteiger partial charge in [0, 0.05) is 13.5 Å². The summed E-state index contributed by atoms with van der Waals surface area (Å²) >= 11 is 0. The molecular formula is C16H17NO. The highest BCUT2D eigenvalue weighted by Gasteiger charge is 2.32. The van der Waals surface area contributed by atoms with Crippen molar-refractivity contribution in [3.8, 4) is 0 Å². The topological polar surface area (TPSA) is 12.5 Å². The Morgan fingerprint density at radius 3 is 2.06 bits per heavy atom. The molecule has 1 fully saturated rings. The summed E-state index contributed by atoms with van der Waals surface area (Å²) in [5, 5.41) is 1.98. The van der Waals surface area contributed by atoms with Crippen LogP contribution in [0.5, 0.6) is 0 Å². The first-order chi connectivity index (χ1) is 8.84. The predicted octanol–water partition coefficient (Wildman–Crippen LogP) is 3.74. The van der Waals surface area contributed by atoms with Gasteiger partial charge in [0.2, 0.25) is 0 Å². The molecule has 92 valence electrons. The molecule has 2 aromatic carbocycles. The van der Waals surface area contributed by atoms with E-state index < -0.39 is 0 Å². The third kappa shape index (κ3) is 2.17. The van der Waals surface area contributed by atoms with Crippen molar-refractivity contribution in [3.05, 3.63) is 71.8 Å². The van der Waals surface area contributed by atoms with E-state index in [9.17, 15) is 0 Å². The second kappa shape index (κ2) is 4.92. The van der Waals surface area contributed by atoms with E-state index in [0.717, 1.165) is 6.42 Å². The molecule has 2 nitrogen and oxygen atoms in total. The van der Waals surface area contributed by atoms with Gasteiger partial charge in [0.25, 0.3) is 0 Å². The molecule has 0 bridgehead atoms. The van der Waals surface area contributed by atoms with Gasteiger partial charge in [-0.15, -0.1) is 0 Å². The monoisotopic (exact) mass is 239 g/mol. The van der Waals surface area contributed by atoms with Crippen LogP contribution in [0.15, 0.2) is 60.7 Å². The van der Waals surface area contributed by atoms with E-state index in [-0.39, 0.29) is 6.10 Å². The first-order valence-corrected chi connectivity index (χ1v) is 6.34. The fourth-order valence-corrected chi connectivity index (χ4v) is 2.55. The van der Waals surface area contributed by atoms with Crippen molar-refractivity contribution < 1.29 is 4.84 Å². The Labute approximate surface area is 108 Å². The standard InChI is InChI=1S/C16H17NO/c1-17-15(13-8-4-2-5-9-13)12-16(18-17)14-10-6-3-7-11-14/h2-11,15-16H,12H2,1H3/t15-,16-/m1/s1. The van der Waals surface area contributed by atoms with Crippen LogP contribution in [0.25, 0.3) is 0 Å². The van der Waals surface area contributed by atoms with E-state index in [1.54, 1.807) is 0 Å². The molecule has 2 atom stereocenters. The van der Waals surface area contributed by atoms with Gasteiger partial charge < -0.3 is 0 Å². The van der Waals surface area contributed by atoms with E-state index in [2.05, 4.69) is 48.5 Å². The van der Waals surface area contributed by atoms with Gasteiger partial charge in [-0.2, -0.15) is 5.06 Å². The van der Waals surface area contributed by atoms with Gasteiger partial charge in [-0.25, -0.2) is 0 Å². The second-order valence-electron chi connectivity index (χ2n) is 4.71. The Morgan fingerprint density at radius 2 is 1.44 bits per heavy atom. The van der Waals surface area contributed by atoms with Crippen LogP contribution in [0.2, 0.25) is 0 Å². The molecule has 0 saturated carbocycles. The molecule has 0 radical (unpaired) electrons. The summed E-state index contributed by atoms with van der Waals surface area (Å²) < 4.78 is 0. The second-order valence-corrected chi connectivity index (χ2v) is 4.71. The maximum absolute atomic E-state index is 5.95. The zero-order valence-corrected chi connectivity index (χ0v) is 10.5. The Morgan fingerprint density at radius 1 is 0.889 bits per heavy atom. The number of rotatable bonds is 2. The lowest BCUT2D eigenvalue weighted by molar-refractivity contribution is -0.145. The van der Waals surface area contributed by atoms with Crippen LogP contribution in [-0.4, -0.2) is 12.1 Å². The average molecular weight is 239 g/mol. The van der Waals surface area contributed by atoms with Gasteiger partial charge >= 0.3 is 0 Å². The van der Waals surface area contributed by atoms with Crippen LogP contribution in [-0.2, 0) is 4.84 Å². The number of hydroxylamine groups is 2. The Balaban J connectivity index is 1.81. The minimum atomic E-state index is 0.168. The van der Waals surface area contributed by atoms with E-state index in [0.29, 0.717) is 6.04 Å². The van der Waals surface area contributed by atoms with Crippen LogP contribution < -0.4 is 0 Å². The zero-order valence-electron chi connectivity index (χ0n) is 10.5. The molecule has 1 saturated heterocycles. The van der Waals surface area contributed by atoms with E-state index in [1.807, 2.05) is 24.2 Å². The van der Waals surface area contributed by atoms with Crippen LogP contribution >= 0.6 is 0 Å². The fraction of sp³-hybridized carbons (Fsp3) is 0.250. The van der Waals surface area contributed by atoms with Crippen molar-refractivity contribution in [1.29, 1.82) is 0 Å². The van der Waals surface area contributed by atoms with Crippen LogP contribution in [0.4, 0.5) is 0 Å². The van der Waals surface area contributed by atoms with Gasteiger partial charge in [-0.05, 0) is 11.1 Å². The molecule has 1 aliphatic rings. The quantitative estimate of drug-likeness (QED) is 0.791. The average Bonchev–Trinajstić information content (AvgIpc) is 2.83. The maximum Gasteiger partial charge on any atom is 0.106 e. The molecule has 0 unspecified atom stereocenters. The predicted molar refractivity (Wildman–Crippen MR) is 71.8 cm³/mol. The highest BCUT2D eigenvalue weighted by Crippen LogP contribution is 2.40. The van der Waals surface area contributed by atoms with Crippen molar-refractivity contribution >= 4 is 0 Å². The molecule has 1 heterocycles. The summed E-state index contributed by atoms with van der Waals surface area (Å²) in [6, 6.07) is 21.3. The van der Waals surface area contributed by atoms with Crippen molar-refractivity contribution in [1.82, 2.24) is 5.06 Å². The summed E-state index contributed by atoms with van der Waals surface area (Å²) in [5.74, 6) is 0. The molecule has 0 N–H and O–H groups in total. The lowest BCUT2D eigenvalue weighted by Gasteiger charge is -2.17. The zero-order chi connectivity index (χ0) is 12.4. The molecule has 2 aromatic rings. The summed E-state index contributed by atoms with van der Waals surface area (Å²) in [7, 11) is 2.01. The van der Waals surface area contributed by atoms with Crippen LogP contribution in [0.3, 0.4) is 0 Å². The first-order valence-electron chi connectivity index (χ1n) is 6.34. The molecule has 0 aromatic heterocycles. The van der Waals surface area contributed by atoms with Crippen LogP contribution in [0, 0.1) is 0 Å². The largest absolute Gasteiger partial charge is 0.291 e. The van der Waals surface area contributed by atoms with Crippen molar-refractivity contribution in [2.24, 2.45) is 0 Å². The van der Waals surface area contributed by atoms with Gasteiger partial charge in [0.15, 0.2) is 0 Å².